The summed E-state index contributed by atoms with van der Waals surface area (Å²) in [6, 6.07) is 9.37. The minimum Gasteiger partial charge on any atom is -0.345 e. The molecule has 0 bridgehead atoms. The molecule has 14 heavy (non-hydrogen) atoms. The molecule has 0 atom stereocenters. The Hall–Kier alpha value is -0.890. The van der Waals surface area contributed by atoms with Gasteiger partial charge >= 0.3 is 0 Å². The van der Waals surface area contributed by atoms with Gasteiger partial charge in [0.05, 0.1) is 0 Å². The van der Waals surface area contributed by atoms with Crippen LogP contribution in [0, 0.1) is 0 Å². The van der Waals surface area contributed by atoms with Crippen molar-refractivity contribution in [3.8, 4) is 0 Å². The van der Waals surface area contributed by atoms with Crippen molar-refractivity contribution in [3.63, 3.8) is 0 Å². The predicted molar refractivity (Wildman–Crippen MR) is 64.1 cm³/mol. The van der Waals surface area contributed by atoms with E-state index in [9.17, 15) is 0 Å². The third-order valence-corrected chi connectivity index (χ3v) is 3.21. The third-order valence-electron chi connectivity index (χ3n) is 2.48. The van der Waals surface area contributed by atoms with Crippen molar-refractivity contribution in [3.05, 3.63) is 30.5 Å². The Balaban J connectivity index is 2.59. The van der Waals surface area contributed by atoms with E-state index in [1.165, 1.54) is 15.8 Å². The Labute approximate surface area is 89.1 Å². The molecule has 1 aromatic carbocycles. The van der Waals surface area contributed by atoms with Gasteiger partial charge in [-0.25, -0.2) is 0 Å². The minimum absolute atomic E-state index is 0.535. The lowest BCUT2D eigenvalue weighted by Gasteiger charge is -2.09. The molecule has 2 aromatic rings. The summed E-state index contributed by atoms with van der Waals surface area (Å²) in [7, 11) is 0. The second-order valence-electron chi connectivity index (χ2n) is 3.74. The quantitative estimate of drug-likeness (QED) is 0.672. The predicted octanol–water partition coefficient (Wildman–Crippen LogP) is 3.94. The molecule has 0 N–H and O–H groups in total. The van der Waals surface area contributed by atoms with Crippen molar-refractivity contribution >= 4 is 22.7 Å². The molecule has 1 aromatic heterocycles. The summed E-state index contributed by atoms with van der Waals surface area (Å²) in [6.45, 7) is 4.42. The maximum atomic E-state index is 2.31. The van der Waals surface area contributed by atoms with Crippen LogP contribution in [0.1, 0.15) is 19.9 Å². The number of aromatic nitrogens is 1. The number of nitrogens with zero attached hydrogens (tertiary/aromatic N) is 1. The average Bonchev–Trinajstić information content (AvgIpc) is 2.59. The Kier molecular flexibility index (Phi) is 2.55. The van der Waals surface area contributed by atoms with Crippen LogP contribution in [0.4, 0.5) is 0 Å². The van der Waals surface area contributed by atoms with Gasteiger partial charge < -0.3 is 4.57 Å². The molecule has 0 saturated heterocycles. The van der Waals surface area contributed by atoms with Crippen molar-refractivity contribution in [1.82, 2.24) is 4.57 Å². The number of benzene rings is 1. The van der Waals surface area contributed by atoms with E-state index in [1.54, 1.807) is 11.8 Å². The second kappa shape index (κ2) is 3.70. The highest BCUT2D eigenvalue weighted by Crippen LogP contribution is 2.24. The van der Waals surface area contributed by atoms with Gasteiger partial charge in [-0.15, -0.1) is 11.8 Å². The van der Waals surface area contributed by atoms with E-state index in [1.807, 2.05) is 0 Å². The average molecular weight is 205 g/mol. The molecule has 0 aliphatic heterocycles. The van der Waals surface area contributed by atoms with Crippen LogP contribution >= 0.6 is 11.8 Å². The first-order valence-corrected chi connectivity index (χ1v) is 6.09. The second-order valence-corrected chi connectivity index (χ2v) is 4.62. The largest absolute Gasteiger partial charge is 0.345 e. The minimum atomic E-state index is 0.535. The highest BCUT2D eigenvalue weighted by Gasteiger charge is 2.03. The van der Waals surface area contributed by atoms with Crippen LogP contribution < -0.4 is 0 Å². The highest BCUT2D eigenvalue weighted by molar-refractivity contribution is 7.98. The van der Waals surface area contributed by atoms with Gasteiger partial charge in [0, 0.05) is 28.0 Å². The molecule has 0 fully saturated rings. The van der Waals surface area contributed by atoms with Crippen LogP contribution in [0.15, 0.2) is 35.4 Å². The van der Waals surface area contributed by atoms with Gasteiger partial charge in [-0.3, -0.25) is 0 Å². The number of rotatable bonds is 2. The zero-order chi connectivity index (χ0) is 10.1. The molecule has 0 saturated carbocycles. The van der Waals surface area contributed by atoms with E-state index in [2.05, 4.69) is 55.1 Å². The fraction of sp³-hybridized carbons (Fsp3) is 0.333. The molecule has 0 radical (unpaired) electrons. The lowest BCUT2D eigenvalue weighted by molar-refractivity contribution is 0.623. The Morgan fingerprint density at radius 3 is 2.64 bits per heavy atom. The lowest BCUT2D eigenvalue weighted by Crippen LogP contribution is -1.97. The van der Waals surface area contributed by atoms with Crippen LogP contribution in [-0.4, -0.2) is 10.8 Å². The SMILES string of the molecule is CSc1ccc2c(ccn2C(C)C)c1. The normalized spacial score (nSPS) is 11.4. The molecule has 2 heteroatoms. The monoisotopic (exact) mass is 205 g/mol. The van der Waals surface area contributed by atoms with Crippen molar-refractivity contribution in [1.29, 1.82) is 0 Å². The van der Waals surface area contributed by atoms with Crippen LogP contribution in [0.2, 0.25) is 0 Å². The number of hydrogen-bond donors (Lipinski definition) is 0. The molecular formula is C12H15NS. The standard InChI is InChI=1S/C12H15NS/c1-9(2)13-7-6-10-8-11(14-3)4-5-12(10)13/h4-9H,1-3H3. The molecule has 1 heterocycles. The molecule has 0 aliphatic rings. The zero-order valence-corrected chi connectivity index (χ0v) is 9.64. The fourth-order valence-electron chi connectivity index (χ4n) is 1.72. The lowest BCUT2D eigenvalue weighted by atomic mass is 10.2. The molecule has 0 aliphatic carbocycles. The van der Waals surface area contributed by atoms with Gasteiger partial charge in [-0.1, -0.05) is 0 Å². The van der Waals surface area contributed by atoms with E-state index in [0.717, 1.165) is 0 Å². The van der Waals surface area contributed by atoms with Gasteiger partial charge in [0.1, 0.15) is 0 Å². The maximum Gasteiger partial charge on any atom is 0.0483 e. The van der Waals surface area contributed by atoms with Gasteiger partial charge in [0.15, 0.2) is 0 Å². The molecule has 0 amide bonds. The Morgan fingerprint density at radius 2 is 2.00 bits per heavy atom. The smallest absolute Gasteiger partial charge is 0.0483 e. The molecule has 2 rings (SSSR count). The highest BCUT2D eigenvalue weighted by atomic mass is 32.2. The number of fused-ring (bicyclic) bond motifs is 1. The number of hydrogen-bond acceptors (Lipinski definition) is 1. The maximum absolute atomic E-state index is 2.31. The van der Waals surface area contributed by atoms with Gasteiger partial charge in [0.25, 0.3) is 0 Å². The van der Waals surface area contributed by atoms with Crippen molar-refractivity contribution in [2.24, 2.45) is 0 Å². The first-order chi connectivity index (χ1) is 6.72. The molecule has 0 spiro atoms. The first kappa shape index (κ1) is 9.66. The van der Waals surface area contributed by atoms with Crippen molar-refractivity contribution < 1.29 is 0 Å². The Bertz CT molecular complexity index is 443. The van der Waals surface area contributed by atoms with Crippen LogP contribution in [-0.2, 0) is 0 Å². The van der Waals surface area contributed by atoms with Crippen LogP contribution in [0.5, 0.6) is 0 Å². The Morgan fingerprint density at radius 1 is 1.21 bits per heavy atom. The van der Waals surface area contributed by atoms with Crippen LogP contribution in [0.25, 0.3) is 10.9 Å². The molecular weight excluding hydrogens is 190 g/mol. The van der Waals surface area contributed by atoms with Gasteiger partial charge in [0.2, 0.25) is 0 Å². The molecule has 0 unspecified atom stereocenters. The van der Waals surface area contributed by atoms with Crippen molar-refractivity contribution in [2.45, 2.75) is 24.8 Å². The third kappa shape index (κ3) is 1.55. The van der Waals surface area contributed by atoms with E-state index in [4.69, 9.17) is 0 Å². The summed E-state index contributed by atoms with van der Waals surface area (Å²) < 4.78 is 2.31. The fourth-order valence-corrected chi connectivity index (χ4v) is 2.17. The summed E-state index contributed by atoms with van der Waals surface area (Å²) in [5.74, 6) is 0. The topological polar surface area (TPSA) is 4.93 Å². The zero-order valence-electron chi connectivity index (χ0n) is 8.82. The summed E-state index contributed by atoms with van der Waals surface area (Å²) in [6.07, 6.45) is 4.28. The van der Waals surface area contributed by atoms with E-state index >= 15 is 0 Å². The summed E-state index contributed by atoms with van der Waals surface area (Å²) in [5.41, 5.74) is 1.33. The van der Waals surface area contributed by atoms with Gasteiger partial charge in [-0.2, -0.15) is 0 Å². The van der Waals surface area contributed by atoms with Crippen molar-refractivity contribution in [2.75, 3.05) is 6.26 Å². The summed E-state index contributed by atoms with van der Waals surface area (Å²) >= 11 is 1.79. The molecule has 74 valence electrons. The summed E-state index contributed by atoms with van der Waals surface area (Å²) in [4.78, 5) is 1.33. The van der Waals surface area contributed by atoms with Crippen LogP contribution in [0.3, 0.4) is 0 Å². The first-order valence-electron chi connectivity index (χ1n) is 4.87. The molecule has 1 nitrogen and oxygen atoms in total. The van der Waals surface area contributed by atoms with E-state index in [-0.39, 0.29) is 0 Å². The number of thioether (sulfide) groups is 1. The van der Waals surface area contributed by atoms with Gasteiger partial charge in [-0.05, 0) is 44.4 Å². The summed E-state index contributed by atoms with van der Waals surface area (Å²) in [5, 5.41) is 1.34. The van der Waals surface area contributed by atoms with E-state index in [0.29, 0.717) is 6.04 Å². The van der Waals surface area contributed by atoms with E-state index < -0.39 is 0 Å².